The Bertz CT molecular complexity index is 330. The summed E-state index contributed by atoms with van der Waals surface area (Å²) in [7, 11) is 0. The van der Waals surface area contributed by atoms with E-state index < -0.39 is 5.97 Å². The number of nitrogens with zero attached hydrogens (tertiary/aromatic N) is 3. The van der Waals surface area contributed by atoms with Crippen LogP contribution in [0.4, 0.5) is 0 Å². The van der Waals surface area contributed by atoms with E-state index in [9.17, 15) is 4.79 Å². The molecule has 0 amide bonds. The average molecular weight is 197 g/mol. The van der Waals surface area contributed by atoms with E-state index in [-0.39, 0.29) is 12.5 Å². The molecule has 14 heavy (non-hydrogen) atoms. The number of ether oxygens (including phenoxy) is 1. The second-order valence-corrected chi connectivity index (χ2v) is 3.28. The van der Waals surface area contributed by atoms with Crippen molar-refractivity contribution in [3.05, 3.63) is 11.9 Å². The third-order valence-corrected chi connectivity index (χ3v) is 2.17. The zero-order valence-electron chi connectivity index (χ0n) is 7.59. The van der Waals surface area contributed by atoms with Crippen molar-refractivity contribution in [1.82, 2.24) is 15.0 Å². The highest BCUT2D eigenvalue weighted by Gasteiger charge is 2.19. The fourth-order valence-electron chi connectivity index (χ4n) is 1.46. The summed E-state index contributed by atoms with van der Waals surface area (Å²) in [6, 6.07) is 0.213. The first-order chi connectivity index (χ1) is 6.75. The smallest absolute Gasteiger partial charge is 0.309 e. The first-order valence-corrected chi connectivity index (χ1v) is 4.46. The van der Waals surface area contributed by atoms with Crippen molar-refractivity contribution in [2.75, 3.05) is 13.2 Å². The molecule has 0 radical (unpaired) electrons. The first-order valence-electron chi connectivity index (χ1n) is 4.46. The van der Waals surface area contributed by atoms with E-state index in [0.29, 0.717) is 12.3 Å². The van der Waals surface area contributed by atoms with Crippen molar-refractivity contribution in [2.45, 2.75) is 18.9 Å². The lowest BCUT2D eigenvalue weighted by atomic mass is 10.2. The summed E-state index contributed by atoms with van der Waals surface area (Å²) in [4.78, 5) is 10.4. The number of hydrogen-bond acceptors (Lipinski definition) is 4. The van der Waals surface area contributed by atoms with Gasteiger partial charge in [0.15, 0.2) is 0 Å². The van der Waals surface area contributed by atoms with E-state index in [1.165, 1.54) is 0 Å². The van der Waals surface area contributed by atoms with E-state index in [4.69, 9.17) is 9.84 Å². The average Bonchev–Trinajstić information content (AvgIpc) is 2.69. The summed E-state index contributed by atoms with van der Waals surface area (Å²) in [6.07, 6.45) is 2.51. The maximum absolute atomic E-state index is 10.4. The van der Waals surface area contributed by atoms with Crippen LogP contribution in [0.5, 0.6) is 0 Å². The number of carboxylic acid groups (broad SMARTS) is 1. The molecule has 6 nitrogen and oxygen atoms in total. The third-order valence-electron chi connectivity index (χ3n) is 2.17. The van der Waals surface area contributed by atoms with Crippen molar-refractivity contribution in [3.8, 4) is 0 Å². The topological polar surface area (TPSA) is 77.2 Å². The summed E-state index contributed by atoms with van der Waals surface area (Å²) in [5, 5.41) is 16.2. The Hall–Kier alpha value is -1.43. The number of aliphatic carboxylic acids is 1. The van der Waals surface area contributed by atoms with Gasteiger partial charge in [-0.25, -0.2) is 4.68 Å². The van der Waals surface area contributed by atoms with Gasteiger partial charge in [0, 0.05) is 12.8 Å². The minimum atomic E-state index is -0.889. The standard InChI is InChI=1S/C8H11N3O3/c12-8(13)3-6-4-11(10-9-6)7-1-2-14-5-7/h4,7H,1-3,5H2,(H,12,13). The van der Waals surface area contributed by atoms with Crippen LogP contribution in [0, 0.1) is 0 Å². The molecular weight excluding hydrogens is 186 g/mol. The molecule has 1 saturated heterocycles. The molecule has 6 heteroatoms. The Balaban J connectivity index is 2.05. The fourth-order valence-corrected chi connectivity index (χ4v) is 1.46. The number of hydrogen-bond donors (Lipinski definition) is 1. The Morgan fingerprint density at radius 3 is 3.29 bits per heavy atom. The second kappa shape index (κ2) is 3.75. The molecule has 1 unspecified atom stereocenters. The highest BCUT2D eigenvalue weighted by molar-refractivity contribution is 5.69. The molecule has 1 aliphatic rings. The van der Waals surface area contributed by atoms with Crippen molar-refractivity contribution in [1.29, 1.82) is 0 Å². The van der Waals surface area contributed by atoms with E-state index in [2.05, 4.69) is 10.3 Å². The minimum absolute atomic E-state index is 0.0758. The highest BCUT2D eigenvalue weighted by atomic mass is 16.5. The van der Waals surface area contributed by atoms with Crippen molar-refractivity contribution in [3.63, 3.8) is 0 Å². The summed E-state index contributed by atoms with van der Waals surface area (Å²) in [5.74, 6) is -0.889. The summed E-state index contributed by atoms with van der Waals surface area (Å²) in [5.41, 5.74) is 0.490. The molecular formula is C8H11N3O3. The second-order valence-electron chi connectivity index (χ2n) is 3.28. The van der Waals surface area contributed by atoms with Crippen LogP contribution in [-0.2, 0) is 16.0 Å². The van der Waals surface area contributed by atoms with Crippen LogP contribution in [0.3, 0.4) is 0 Å². The van der Waals surface area contributed by atoms with Gasteiger partial charge < -0.3 is 9.84 Å². The summed E-state index contributed by atoms with van der Waals surface area (Å²) < 4.78 is 6.88. The number of carboxylic acids is 1. The van der Waals surface area contributed by atoms with E-state index in [1.54, 1.807) is 10.9 Å². The lowest BCUT2D eigenvalue weighted by molar-refractivity contribution is -0.136. The van der Waals surface area contributed by atoms with Gasteiger partial charge in [-0.15, -0.1) is 5.10 Å². The van der Waals surface area contributed by atoms with Crippen molar-refractivity contribution >= 4 is 5.97 Å². The van der Waals surface area contributed by atoms with Crippen LogP contribution in [0.15, 0.2) is 6.20 Å². The first kappa shape index (κ1) is 9.14. The van der Waals surface area contributed by atoms with Crippen LogP contribution < -0.4 is 0 Å². The summed E-state index contributed by atoms with van der Waals surface area (Å²) >= 11 is 0. The highest BCUT2D eigenvalue weighted by Crippen LogP contribution is 2.17. The van der Waals surface area contributed by atoms with E-state index >= 15 is 0 Å². The van der Waals surface area contributed by atoms with Crippen LogP contribution in [-0.4, -0.2) is 39.3 Å². The van der Waals surface area contributed by atoms with Crippen LogP contribution >= 0.6 is 0 Å². The predicted molar refractivity (Wildman–Crippen MR) is 45.8 cm³/mol. The van der Waals surface area contributed by atoms with Gasteiger partial charge in [0.25, 0.3) is 0 Å². The molecule has 0 bridgehead atoms. The number of rotatable bonds is 3. The molecule has 2 heterocycles. The van der Waals surface area contributed by atoms with Gasteiger partial charge in [0.2, 0.25) is 0 Å². The number of aromatic nitrogens is 3. The van der Waals surface area contributed by atoms with E-state index in [0.717, 1.165) is 13.0 Å². The molecule has 1 aromatic heterocycles. The Morgan fingerprint density at radius 2 is 2.64 bits per heavy atom. The molecule has 0 aromatic carbocycles. The Kier molecular flexibility index (Phi) is 2.45. The SMILES string of the molecule is O=C(O)Cc1cn(C2CCOC2)nn1. The molecule has 1 aromatic rings. The van der Waals surface area contributed by atoms with Gasteiger partial charge in [0.05, 0.1) is 24.8 Å². The zero-order chi connectivity index (χ0) is 9.97. The predicted octanol–water partition coefficient (Wildman–Crippen LogP) is -0.133. The quantitative estimate of drug-likeness (QED) is 0.730. The molecule has 1 aliphatic heterocycles. The van der Waals surface area contributed by atoms with Gasteiger partial charge in [0.1, 0.15) is 0 Å². The van der Waals surface area contributed by atoms with Gasteiger partial charge in [-0.05, 0) is 6.42 Å². The van der Waals surface area contributed by atoms with Gasteiger partial charge in [-0.2, -0.15) is 0 Å². The zero-order valence-corrected chi connectivity index (χ0v) is 7.59. The maximum atomic E-state index is 10.4. The lowest BCUT2D eigenvalue weighted by Crippen LogP contribution is -2.09. The molecule has 2 rings (SSSR count). The molecule has 76 valence electrons. The normalized spacial score (nSPS) is 21.3. The maximum Gasteiger partial charge on any atom is 0.309 e. The lowest BCUT2D eigenvalue weighted by Gasteiger charge is -2.04. The third kappa shape index (κ3) is 1.90. The molecule has 0 spiro atoms. The van der Waals surface area contributed by atoms with E-state index in [1.807, 2.05) is 0 Å². The molecule has 0 aliphatic carbocycles. The minimum Gasteiger partial charge on any atom is -0.481 e. The van der Waals surface area contributed by atoms with Gasteiger partial charge in [-0.1, -0.05) is 5.21 Å². The molecule has 0 saturated carbocycles. The monoisotopic (exact) mass is 197 g/mol. The number of carbonyl (C=O) groups is 1. The van der Waals surface area contributed by atoms with Gasteiger partial charge >= 0.3 is 5.97 Å². The van der Waals surface area contributed by atoms with Crippen molar-refractivity contribution < 1.29 is 14.6 Å². The largest absolute Gasteiger partial charge is 0.481 e. The molecule has 1 atom stereocenters. The van der Waals surface area contributed by atoms with Crippen LogP contribution in [0.1, 0.15) is 18.2 Å². The Labute approximate surface area is 80.5 Å². The fraction of sp³-hybridized carbons (Fsp3) is 0.625. The van der Waals surface area contributed by atoms with Crippen LogP contribution in [0.2, 0.25) is 0 Å². The summed E-state index contributed by atoms with van der Waals surface area (Å²) in [6.45, 7) is 1.37. The molecule has 1 fully saturated rings. The Morgan fingerprint density at radius 1 is 1.79 bits per heavy atom. The molecule has 1 N–H and O–H groups in total. The van der Waals surface area contributed by atoms with Crippen LogP contribution in [0.25, 0.3) is 0 Å². The van der Waals surface area contributed by atoms with Crippen molar-refractivity contribution in [2.24, 2.45) is 0 Å². The van der Waals surface area contributed by atoms with Gasteiger partial charge in [-0.3, -0.25) is 4.79 Å².